The Morgan fingerprint density at radius 2 is 1.94 bits per heavy atom. The Kier molecular flexibility index (Phi) is 4.89. The van der Waals surface area contributed by atoms with Gasteiger partial charge in [-0.1, -0.05) is 0 Å². The van der Waals surface area contributed by atoms with Crippen LogP contribution in [0.3, 0.4) is 0 Å². The van der Waals surface area contributed by atoms with Gasteiger partial charge in [-0.25, -0.2) is 0 Å². The highest BCUT2D eigenvalue weighted by molar-refractivity contribution is 5.96. The van der Waals surface area contributed by atoms with Crippen LogP contribution < -0.4 is 4.74 Å². The second-order valence-corrected chi connectivity index (χ2v) is 8.86. The van der Waals surface area contributed by atoms with Crippen molar-refractivity contribution >= 4 is 16.9 Å². The van der Waals surface area contributed by atoms with Crippen molar-refractivity contribution in [2.24, 2.45) is 18.9 Å². The zero-order valence-electron chi connectivity index (χ0n) is 18.0. The second kappa shape index (κ2) is 7.60. The van der Waals surface area contributed by atoms with Crippen LogP contribution in [0.25, 0.3) is 11.0 Å². The number of hydrogen-bond donors (Lipinski definition) is 1. The SMILES string of the molecule is Cc1ccc(O[C@@H]2C[C@@H]3CN(C(=O)c4cnc5cnn(C)c5c4)C[C@@H]3C[C@H]2O)c(C)n1. The second-order valence-electron chi connectivity index (χ2n) is 8.86. The van der Waals surface area contributed by atoms with E-state index in [2.05, 4.69) is 15.1 Å². The van der Waals surface area contributed by atoms with E-state index < -0.39 is 6.10 Å². The van der Waals surface area contributed by atoms with Gasteiger partial charge in [0.15, 0.2) is 0 Å². The van der Waals surface area contributed by atoms with Gasteiger partial charge < -0.3 is 14.7 Å². The number of carbonyl (C=O) groups is 1. The molecule has 1 aliphatic heterocycles. The van der Waals surface area contributed by atoms with Crippen molar-refractivity contribution in [1.29, 1.82) is 0 Å². The lowest BCUT2D eigenvalue weighted by atomic mass is 9.78. The number of rotatable bonds is 3. The summed E-state index contributed by atoms with van der Waals surface area (Å²) in [4.78, 5) is 23.9. The van der Waals surface area contributed by atoms with Gasteiger partial charge >= 0.3 is 0 Å². The van der Waals surface area contributed by atoms with E-state index in [9.17, 15) is 9.90 Å². The zero-order chi connectivity index (χ0) is 21.7. The number of carbonyl (C=O) groups excluding carboxylic acids is 1. The average Bonchev–Trinajstić information content (AvgIpc) is 3.32. The standard InChI is InChI=1S/C23H27N5O3/c1-13-4-5-21(14(2)26-13)31-22-8-17-12-28(11-16(17)7-20(22)29)23(30)15-6-19-18(24-9-15)10-25-27(19)3/h4-6,9-10,16-17,20,22,29H,7-8,11-12H2,1-3H3/t16-,17+,20+,22+/m0/s1. The van der Waals surface area contributed by atoms with E-state index in [-0.39, 0.29) is 17.9 Å². The van der Waals surface area contributed by atoms with E-state index in [1.165, 1.54) is 0 Å². The molecule has 0 bridgehead atoms. The summed E-state index contributed by atoms with van der Waals surface area (Å²) in [6.07, 6.45) is 3.85. The quantitative estimate of drug-likeness (QED) is 0.697. The summed E-state index contributed by atoms with van der Waals surface area (Å²) in [5.74, 6) is 1.29. The zero-order valence-corrected chi connectivity index (χ0v) is 18.0. The number of fused-ring (bicyclic) bond motifs is 2. The average molecular weight is 422 g/mol. The van der Waals surface area contributed by atoms with Crippen molar-refractivity contribution in [2.75, 3.05) is 13.1 Å². The largest absolute Gasteiger partial charge is 0.486 e. The van der Waals surface area contributed by atoms with Crippen molar-refractivity contribution < 1.29 is 14.6 Å². The predicted octanol–water partition coefficient (Wildman–Crippen LogP) is 2.27. The highest BCUT2D eigenvalue weighted by Crippen LogP contribution is 2.38. The monoisotopic (exact) mass is 421 g/mol. The fraction of sp³-hybridized carbons (Fsp3) is 0.478. The maximum atomic E-state index is 13.2. The first-order valence-corrected chi connectivity index (χ1v) is 10.7. The first-order chi connectivity index (χ1) is 14.9. The molecule has 1 N–H and O–H groups in total. The van der Waals surface area contributed by atoms with Gasteiger partial charge in [0.2, 0.25) is 0 Å². The topological polar surface area (TPSA) is 93.4 Å². The smallest absolute Gasteiger partial charge is 0.255 e. The highest BCUT2D eigenvalue weighted by Gasteiger charge is 2.44. The summed E-state index contributed by atoms with van der Waals surface area (Å²) >= 11 is 0. The van der Waals surface area contributed by atoms with E-state index in [1.807, 2.05) is 44.0 Å². The Hall–Kier alpha value is -3.00. The molecule has 4 heterocycles. The molecule has 8 heteroatoms. The van der Waals surface area contributed by atoms with Crippen LogP contribution in [-0.2, 0) is 7.05 Å². The number of aryl methyl sites for hydroxylation is 3. The molecule has 0 spiro atoms. The van der Waals surface area contributed by atoms with Gasteiger partial charge in [0.05, 0.1) is 29.1 Å². The van der Waals surface area contributed by atoms with Crippen LogP contribution in [0.2, 0.25) is 0 Å². The summed E-state index contributed by atoms with van der Waals surface area (Å²) in [5, 5.41) is 14.9. The molecule has 0 unspecified atom stereocenters. The number of aromatic nitrogens is 4. The molecule has 3 aromatic heterocycles. The molecule has 31 heavy (non-hydrogen) atoms. The fourth-order valence-electron chi connectivity index (χ4n) is 4.97. The number of amides is 1. The lowest BCUT2D eigenvalue weighted by molar-refractivity contribution is -0.0236. The maximum Gasteiger partial charge on any atom is 0.255 e. The molecule has 162 valence electrons. The lowest BCUT2D eigenvalue weighted by Crippen LogP contribution is -2.42. The van der Waals surface area contributed by atoms with Crippen molar-refractivity contribution in [1.82, 2.24) is 24.6 Å². The number of aliphatic hydroxyl groups excluding tert-OH is 1. The van der Waals surface area contributed by atoms with Gasteiger partial charge in [0, 0.05) is 32.0 Å². The van der Waals surface area contributed by atoms with Crippen LogP contribution in [-0.4, -0.2) is 61.0 Å². The third-order valence-electron chi connectivity index (χ3n) is 6.67. The Morgan fingerprint density at radius 3 is 2.71 bits per heavy atom. The number of likely N-dealkylation sites (tertiary alicyclic amines) is 1. The minimum atomic E-state index is -0.551. The maximum absolute atomic E-state index is 13.2. The van der Waals surface area contributed by atoms with Gasteiger partial charge in [-0.2, -0.15) is 5.10 Å². The Bertz CT molecular complexity index is 1140. The van der Waals surface area contributed by atoms with Crippen molar-refractivity contribution in [2.45, 2.75) is 38.9 Å². The third kappa shape index (κ3) is 3.65. The van der Waals surface area contributed by atoms with E-state index >= 15 is 0 Å². The Labute approximate surface area is 180 Å². The summed E-state index contributed by atoms with van der Waals surface area (Å²) in [6, 6.07) is 5.69. The molecular formula is C23H27N5O3. The fourth-order valence-corrected chi connectivity index (χ4v) is 4.97. The molecule has 0 radical (unpaired) electrons. The molecule has 0 aromatic carbocycles. The molecule has 5 rings (SSSR count). The van der Waals surface area contributed by atoms with Gasteiger partial charge in [0.25, 0.3) is 5.91 Å². The lowest BCUT2D eigenvalue weighted by Gasteiger charge is -2.35. The summed E-state index contributed by atoms with van der Waals surface area (Å²) < 4.78 is 7.88. The first-order valence-electron chi connectivity index (χ1n) is 10.7. The number of aliphatic hydroxyl groups is 1. The van der Waals surface area contributed by atoms with Crippen LogP contribution in [0.5, 0.6) is 5.75 Å². The van der Waals surface area contributed by atoms with E-state index in [4.69, 9.17) is 4.74 Å². The van der Waals surface area contributed by atoms with E-state index in [1.54, 1.807) is 17.1 Å². The molecule has 1 saturated heterocycles. The van der Waals surface area contributed by atoms with Gasteiger partial charge in [0.1, 0.15) is 17.4 Å². The van der Waals surface area contributed by atoms with Crippen molar-refractivity contribution in [3.05, 3.63) is 47.5 Å². The summed E-state index contributed by atoms with van der Waals surface area (Å²) in [6.45, 7) is 5.19. The first kappa shape index (κ1) is 19.9. The highest BCUT2D eigenvalue weighted by atomic mass is 16.5. The van der Waals surface area contributed by atoms with Crippen LogP contribution >= 0.6 is 0 Å². The van der Waals surface area contributed by atoms with Crippen molar-refractivity contribution in [3.63, 3.8) is 0 Å². The number of ether oxygens (including phenoxy) is 1. The molecular weight excluding hydrogens is 394 g/mol. The summed E-state index contributed by atoms with van der Waals surface area (Å²) in [5.41, 5.74) is 3.96. The van der Waals surface area contributed by atoms with Gasteiger partial charge in [-0.05, 0) is 56.7 Å². The van der Waals surface area contributed by atoms with Crippen LogP contribution in [0.4, 0.5) is 0 Å². The molecule has 2 aliphatic rings. The molecule has 8 nitrogen and oxygen atoms in total. The summed E-state index contributed by atoms with van der Waals surface area (Å²) in [7, 11) is 1.84. The molecule has 4 atom stereocenters. The molecule has 1 saturated carbocycles. The number of pyridine rings is 2. The Morgan fingerprint density at radius 1 is 1.16 bits per heavy atom. The van der Waals surface area contributed by atoms with E-state index in [0.717, 1.165) is 34.6 Å². The van der Waals surface area contributed by atoms with Gasteiger partial charge in [-0.15, -0.1) is 0 Å². The molecule has 1 amide bonds. The minimum absolute atomic E-state index is 0.0180. The molecule has 2 fully saturated rings. The van der Waals surface area contributed by atoms with Crippen LogP contribution in [0.1, 0.15) is 34.6 Å². The Balaban J connectivity index is 1.29. The van der Waals surface area contributed by atoms with E-state index in [0.29, 0.717) is 31.0 Å². The number of hydrogen-bond acceptors (Lipinski definition) is 6. The third-order valence-corrected chi connectivity index (χ3v) is 6.67. The molecule has 1 aliphatic carbocycles. The number of nitrogens with zero attached hydrogens (tertiary/aromatic N) is 5. The minimum Gasteiger partial charge on any atom is -0.486 e. The molecule has 3 aromatic rings. The van der Waals surface area contributed by atoms with Crippen molar-refractivity contribution in [3.8, 4) is 5.75 Å². The van der Waals surface area contributed by atoms with Gasteiger partial charge in [-0.3, -0.25) is 19.4 Å². The predicted molar refractivity (Wildman–Crippen MR) is 115 cm³/mol. The van der Waals surface area contributed by atoms with Crippen LogP contribution in [0, 0.1) is 25.7 Å². The normalized spacial score (nSPS) is 25.6. The van der Waals surface area contributed by atoms with Crippen LogP contribution in [0.15, 0.2) is 30.6 Å².